The van der Waals surface area contributed by atoms with Gasteiger partial charge in [0.05, 0.1) is 19.3 Å². The molecule has 0 spiro atoms. The molecule has 0 aliphatic carbocycles. The summed E-state index contributed by atoms with van der Waals surface area (Å²) in [5.74, 6) is 0.262. The summed E-state index contributed by atoms with van der Waals surface area (Å²) in [7, 11) is 0. The molecule has 8 nitrogen and oxygen atoms in total. The Hall–Kier alpha value is -2.71. The highest BCUT2D eigenvalue weighted by Gasteiger charge is 2.15. The van der Waals surface area contributed by atoms with Gasteiger partial charge in [-0.25, -0.2) is 4.68 Å². The normalized spacial score (nSPS) is 14.1. The van der Waals surface area contributed by atoms with Crippen molar-refractivity contribution in [3.63, 3.8) is 0 Å². The first-order valence-corrected chi connectivity index (χ1v) is 7.76. The summed E-state index contributed by atoms with van der Waals surface area (Å²) < 4.78 is 14.3. The first-order chi connectivity index (χ1) is 12.3. The van der Waals surface area contributed by atoms with Crippen LogP contribution >= 0.6 is 11.6 Å². The first-order valence-electron chi connectivity index (χ1n) is 7.88. The maximum absolute atomic E-state index is 12.1. The predicted molar refractivity (Wildman–Crippen MR) is 91.2 cm³/mol. The fourth-order valence-electron chi connectivity index (χ4n) is 2.16. The third-order valence-corrected chi connectivity index (χ3v) is 3.87. The number of anilines is 1. The van der Waals surface area contributed by atoms with Gasteiger partial charge in [-0.05, 0) is 24.6 Å². The quantitative estimate of drug-likeness (QED) is 0.705. The van der Waals surface area contributed by atoms with E-state index in [0.29, 0.717) is 21.8 Å². The maximum Gasteiger partial charge on any atom is 0.272 e. The zero-order valence-electron chi connectivity index (χ0n) is 14.3. The molecule has 3 N–H and O–H groups in total. The first kappa shape index (κ1) is 15.8. The van der Waals surface area contributed by atoms with Gasteiger partial charge in [0.25, 0.3) is 5.56 Å². The summed E-state index contributed by atoms with van der Waals surface area (Å²) in [6, 6.07) is 6.27. The molecule has 130 valence electrons. The van der Waals surface area contributed by atoms with Gasteiger partial charge < -0.3 is 15.4 Å². The van der Waals surface area contributed by atoms with Gasteiger partial charge >= 0.3 is 0 Å². The van der Waals surface area contributed by atoms with Crippen LogP contribution in [0.25, 0.3) is 0 Å². The second-order valence-corrected chi connectivity index (χ2v) is 5.86. The molecule has 3 aromatic rings. The second-order valence-electron chi connectivity index (χ2n) is 5.42. The molecule has 9 heteroatoms. The highest BCUT2D eigenvalue weighted by molar-refractivity contribution is 6.30. The maximum atomic E-state index is 12.1. The van der Waals surface area contributed by atoms with Crippen molar-refractivity contribution in [2.24, 2.45) is 0 Å². The minimum Gasteiger partial charge on any atom is -0.397 e. The van der Waals surface area contributed by atoms with Crippen LogP contribution in [0.4, 0.5) is 5.69 Å². The van der Waals surface area contributed by atoms with Crippen molar-refractivity contribution in [3.05, 3.63) is 68.7 Å². The monoisotopic (exact) mass is 362 g/mol. The molecule has 0 aliphatic rings. The second kappa shape index (κ2) is 7.04. The van der Waals surface area contributed by atoms with E-state index in [9.17, 15) is 9.90 Å². The highest BCUT2D eigenvalue weighted by Crippen LogP contribution is 2.19. The van der Waals surface area contributed by atoms with Crippen molar-refractivity contribution in [2.75, 3.05) is 5.73 Å². The number of aromatic nitrogens is 4. The summed E-state index contributed by atoms with van der Waals surface area (Å²) >= 11 is 5.81. The lowest BCUT2D eigenvalue weighted by molar-refractivity contribution is 0.174. The number of nitrogens with zero attached hydrogens (tertiary/aromatic N) is 4. The summed E-state index contributed by atoms with van der Waals surface area (Å²) in [4.78, 5) is 16.2. The summed E-state index contributed by atoms with van der Waals surface area (Å²) in [6.07, 6.45) is -0.767. The average molecular weight is 363 g/mol. The average Bonchev–Trinajstić information content (AvgIpc) is 3.02. The van der Waals surface area contributed by atoms with E-state index in [2.05, 4.69) is 15.2 Å². The summed E-state index contributed by atoms with van der Waals surface area (Å²) in [5, 5.41) is 18.5. The van der Waals surface area contributed by atoms with E-state index in [1.54, 1.807) is 31.2 Å². The standard InChI is InChI=1S/C16H16ClN5O3/c1-9-12(18)7-19-22(16(9)24)8-15-20-14(21-25-15)6-13(23)10-2-4-11(17)5-3-10/h2-5,7,13,23H,6,8,18H2,1H3/t13-/m1/s1/i13D. The van der Waals surface area contributed by atoms with Crippen LogP contribution in [0.2, 0.25) is 5.02 Å². The molecule has 0 saturated carbocycles. The molecular weight excluding hydrogens is 346 g/mol. The van der Waals surface area contributed by atoms with Crippen LogP contribution in [-0.4, -0.2) is 25.0 Å². The van der Waals surface area contributed by atoms with Gasteiger partial charge in [0, 0.05) is 17.0 Å². The van der Waals surface area contributed by atoms with E-state index in [1.807, 2.05) is 0 Å². The molecule has 1 aromatic carbocycles. The van der Waals surface area contributed by atoms with E-state index in [1.165, 1.54) is 6.20 Å². The molecule has 0 unspecified atom stereocenters. The van der Waals surface area contributed by atoms with Crippen molar-refractivity contribution < 1.29 is 11.0 Å². The van der Waals surface area contributed by atoms with E-state index in [0.717, 1.165) is 4.68 Å². The van der Waals surface area contributed by atoms with Gasteiger partial charge in [0.2, 0.25) is 5.89 Å². The van der Waals surface area contributed by atoms with E-state index in [4.69, 9.17) is 23.2 Å². The molecule has 2 aromatic heterocycles. The number of halogens is 1. The fourth-order valence-corrected chi connectivity index (χ4v) is 2.29. The number of hydrogen-bond donors (Lipinski definition) is 2. The SMILES string of the molecule is [2H][C@@](O)(Cc1noc(Cn2ncc(N)c(C)c2=O)n1)c1ccc(Cl)cc1. The van der Waals surface area contributed by atoms with Crippen molar-refractivity contribution >= 4 is 17.3 Å². The van der Waals surface area contributed by atoms with Crippen molar-refractivity contribution in [2.45, 2.75) is 26.0 Å². The number of benzene rings is 1. The summed E-state index contributed by atoms with van der Waals surface area (Å²) in [6.45, 7) is 1.56. The lowest BCUT2D eigenvalue weighted by Gasteiger charge is -2.08. The lowest BCUT2D eigenvalue weighted by Crippen LogP contribution is -2.26. The molecule has 0 amide bonds. The van der Waals surface area contributed by atoms with Crippen molar-refractivity contribution in [3.8, 4) is 0 Å². The van der Waals surface area contributed by atoms with Crippen molar-refractivity contribution in [1.29, 1.82) is 0 Å². The Kier molecular flexibility index (Phi) is 4.45. The number of nitrogen functional groups attached to an aromatic ring is 1. The molecule has 1 atom stereocenters. The highest BCUT2D eigenvalue weighted by atomic mass is 35.5. The van der Waals surface area contributed by atoms with E-state index in [-0.39, 0.29) is 30.2 Å². The fraction of sp³-hybridized carbons (Fsp3) is 0.250. The molecule has 0 fully saturated rings. The molecular formula is C16H16ClN5O3. The molecule has 0 radical (unpaired) electrons. The van der Waals surface area contributed by atoms with Crippen molar-refractivity contribution in [1.82, 2.24) is 19.9 Å². The minimum atomic E-state index is -1.95. The lowest BCUT2D eigenvalue weighted by atomic mass is 10.1. The molecule has 2 heterocycles. The Balaban J connectivity index is 1.77. The number of rotatable bonds is 5. The molecule has 25 heavy (non-hydrogen) atoms. The van der Waals surface area contributed by atoms with Gasteiger partial charge in [0.15, 0.2) is 5.82 Å². The van der Waals surface area contributed by atoms with Gasteiger partial charge in [-0.1, -0.05) is 28.9 Å². The third kappa shape index (κ3) is 3.86. The van der Waals surface area contributed by atoms with Gasteiger partial charge in [0.1, 0.15) is 6.54 Å². The Morgan fingerprint density at radius 3 is 2.88 bits per heavy atom. The number of aliphatic hydroxyl groups is 1. The third-order valence-electron chi connectivity index (χ3n) is 3.62. The summed E-state index contributed by atoms with van der Waals surface area (Å²) in [5.41, 5.74) is 6.31. The zero-order chi connectivity index (χ0) is 18.9. The van der Waals surface area contributed by atoms with Gasteiger partial charge in [-0.15, -0.1) is 0 Å². The molecule has 0 saturated heterocycles. The molecule has 0 aliphatic heterocycles. The van der Waals surface area contributed by atoms with Crippen LogP contribution in [0.15, 0.2) is 39.8 Å². The molecule has 0 bridgehead atoms. The predicted octanol–water partition coefficient (Wildman–Crippen LogP) is 1.49. The minimum absolute atomic E-state index is 0.0374. The number of hydrogen-bond acceptors (Lipinski definition) is 7. The topological polar surface area (TPSA) is 120 Å². The van der Waals surface area contributed by atoms with Crippen LogP contribution in [0, 0.1) is 6.92 Å². The van der Waals surface area contributed by atoms with Crippen LogP contribution in [0.3, 0.4) is 0 Å². The van der Waals surface area contributed by atoms with Gasteiger partial charge in [-0.2, -0.15) is 10.1 Å². The largest absolute Gasteiger partial charge is 0.397 e. The zero-order valence-corrected chi connectivity index (χ0v) is 14.1. The Morgan fingerprint density at radius 2 is 2.16 bits per heavy atom. The van der Waals surface area contributed by atoms with Crippen LogP contribution < -0.4 is 11.3 Å². The van der Waals surface area contributed by atoms with Crippen LogP contribution in [0.5, 0.6) is 0 Å². The Morgan fingerprint density at radius 1 is 1.44 bits per heavy atom. The molecule has 3 rings (SSSR count). The van der Waals surface area contributed by atoms with E-state index < -0.39 is 6.08 Å². The van der Waals surface area contributed by atoms with E-state index >= 15 is 0 Å². The van der Waals surface area contributed by atoms with Gasteiger partial charge in [-0.3, -0.25) is 4.79 Å². The van der Waals surface area contributed by atoms with Crippen LogP contribution in [0.1, 0.15) is 30.3 Å². The smallest absolute Gasteiger partial charge is 0.272 e. The Bertz CT molecular complexity index is 984. The number of nitrogens with two attached hydrogens (primary N) is 1. The Labute approximate surface area is 149 Å². The van der Waals surface area contributed by atoms with Crippen LogP contribution in [-0.2, 0) is 13.0 Å².